The summed E-state index contributed by atoms with van der Waals surface area (Å²) in [7, 11) is 0. The van der Waals surface area contributed by atoms with Crippen LogP contribution in [0.5, 0.6) is 0 Å². The van der Waals surface area contributed by atoms with E-state index in [1.54, 1.807) is 10.6 Å². The average Bonchev–Trinajstić information content (AvgIpc) is 2.49. The van der Waals surface area contributed by atoms with Crippen LogP contribution in [0.1, 0.15) is 5.56 Å². The first kappa shape index (κ1) is 13.7. The van der Waals surface area contributed by atoms with Crippen LogP contribution in [0, 0.1) is 6.92 Å². The molecule has 21 heavy (non-hydrogen) atoms. The van der Waals surface area contributed by atoms with Crippen molar-refractivity contribution in [3.63, 3.8) is 0 Å². The van der Waals surface area contributed by atoms with Crippen molar-refractivity contribution >= 4 is 11.6 Å². The highest BCUT2D eigenvalue weighted by atomic mass is 35.5. The monoisotopic (exact) mass is 295 g/mol. The van der Waals surface area contributed by atoms with Crippen molar-refractivity contribution in [2.75, 3.05) is 0 Å². The minimum Gasteiger partial charge on any atom is -0.282 e. The lowest BCUT2D eigenvalue weighted by Gasteiger charge is -2.10. The number of nitrogens with zero attached hydrogens (tertiary/aromatic N) is 1. The molecule has 0 N–H and O–H groups in total. The van der Waals surface area contributed by atoms with Crippen molar-refractivity contribution in [3.8, 4) is 16.8 Å². The van der Waals surface area contributed by atoms with Crippen LogP contribution in [0.3, 0.4) is 0 Å². The van der Waals surface area contributed by atoms with Crippen molar-refractivity contribution in [1.29, 1.82) is 0 Å². The number of hydrogen-bond donors (Lipinski definition) is 0. The lowest BCUT2D eigenvalue weighted by molar-refractivity contribution is 0.991. The van der Waals surface area contributed by atoms with Crippen molar-refractivity contribution in [3.05, 3.63) is 87.8 Å². The van der Waals surface area contributed by atoms with Gasteiger partial charge in [0.25, 0.3) is 5.56 Å². The molecule has 104 valence electrons. The second-order valence-corrected chi connectivity index (χ2v) is 5.35. The molecule has 0 radical (unpaired) electrons. The Morgan fingerprint density at radius 3 is 2.38 bits per heavy atom. The molecular formula is C18H14ClNO. The molecule has 3 rings (SSSR count). The van der Waals surface area contributed by atoms with Gasteiger partial charge in [0.2, 0.25) is 0 Å². The molecule has 0 atom stereocenters. The summed E-state index contributed by atoms with van der Waals surface area (Å²) < 4.78 is 1.59. The summed E-state index contributed by atoms with van der Waals surface area (Å²) in [6.07, 6.45) is 1.83. The Kier molecular flexibility index (Phi) is 3.63. The van der Waals surface area contributed by atoms with Crippen LogP contribution < -0.4 is 5.56 Å². The fraction of sp³-hybridized carbons (Fsp3) is 0.0556. The van der Waals surface area contributed by atoms with E-state index in [9.17, 15) is 4.79 Å². The summed E-state index contributed by atoms with van der Waals surface area (Å²) in [6, 6.07) is 19.0. The largest absolute Gasteiger partial charge is 0.282 e. The highest BCUT2D eigenvalue weighted by Gasteiger charge is 2.07. The van der Waals surface area contributed by atoms with E-state index in [1.165, 1.54) is 0 Å². The molecule has 1 aromatic heterocycles. The Morgan fingerprint density at radius 2 is 1.67 bits per heavy atom. The molecule has 0 bridgehead atoms. The van der Waals surface area contributed by atoms with E-state index in [0.29, 0.717) is 10.7 Å². The summed E-state index contributed by atoms with van der Waals surface area (Å²) in [5.41, 5.74) is 3.71. The number of hydrogen-bond acceptors (Lipinski definition) is 1. The third kappa shape index (κ3) is 2.76. The van der Waals surface area contributed by atoms with Crippen LogP contribution in [0.2, 0.25) is 5.02 Å². The van der Waals surface area contributed by atoms with E-state index in [-0.39, 0.29) is 5.56 Å². The standard InChI is InChI=1S/C18H14ClNO/c1-13-7-9-17(16(19)11-13)20-12-15(8-10-18(20)21)14-5-3-2-4-6-14/h2-12H,1H3. The highest BCUT2D eigenvalue weighted by Crippen LogP contribution is 2.23. The van der Waals surface area contributed by atoms with Gasteiger partial charge in [-0.25, -0.2) is 0 Å². The van der Waals surface area contributed by atoms with Crippen LogP contribution in [-0.4, -0.2) is 4.57 Å². The van der Waals surface area contributed by atoms with Crippen LogP contribution in [0.4, 0.5) is 0 Å². The molecule has 0 aliphatic heterocycles. The maximum Gasteiger partial charge on any atom is 0.255 e. The third-order valence-electron chi connectivity index (χ3n) is 3.38. The molecule has 0 aliphatic carbocycles. The first-order chi connectivity index (χ1) is 10.1. The van der Waals surface area contributed by atoms with E-state index in [4.69, 9.17) is 11.6 Å². The third-order valence-corrected chi connectivity index (χ3v) is 3.68. The first-order valence-corrected chi connectivity index (χ1v) is 7.07. The molecule has 0 spiro atoms. The van der Waals surface area contributed by atoms with E-state index in [2.05, 4.69) is 0 Å². The van der Waals surface area contributed by atoms with Gasteiger partial charge in [-0.1, -0.05) is 48.0 Å². The molecule has 0 aliphatic rings. The number of aromatic nitrogens is 1. The molecule has 0 saturated heterocycles. The summed E-state index contributed by atoms with van der Waals surface area (Å²) in [6.45, 7) is 1.97. The van der Waals surface area contributed by atoms with E-state index >= 15 is 0 Å². The maximum atomic E-state index is 12.1. The Labute approximate surface area is 128 Å². The minimum absolute atomic E-state index is 0.0968. The predicted molar refractivity (Wildman–Crippen MR) is 87.2 cm³/mol. The molecule has 0 saturated carbocycles. The fourth-order valence-corrected chi connectivity index (χ4v) is 2.61. The topological polar surface area (TPSA) is 22.0 Å². The molecule has 3 heteroatoms. The predicted octanol–water partition coefficient (Wildman–Crippen LogP) is 4.47. The van der Waals surface area contributed by atoms with Gasteiger partial charge in [0.05, 0.1) is 10.7 Å². The van der Waals surface area contributed by atoms with Crippen molar-refractivity contribution in [2.45, 2.75) is 6.92 Å². The van der Waals surface area contributed by atoms with Crippen LogP contribution in [-0.2, 0) is 0 Å². The number of pyridine rings is 1. The average molecular weight is 296 g/mol. The van der Waals surface area contributed by atoms with Gasteiger partial charge in [-0.15, -0.1) is 0 Å². The lowest BCUT2D eigenvalue weighted by atomic mass is 10.1. The van der Waals surface area contributed by atoms with Crippen LogP contribution in [0.15, 0.2) is 71.7 Å². The van der Waals surface area contributed by atoms with Gasteiger partial charge < -0.3 is 0 Å². The second kappa shape index (κ2) is 5.58. The van der Waals surface area contributed by atoms with E-state index in [1.807, 2.05) is 67.7 Å². The Bertz CT molecular complexity index is 837. The summed E-state index contributed by atoms with van der Waals surface area (Å²) >= 11 is 6.27. The molecule has 2 nitrogen and oxygen atoms in total. The van der Waals surface area contributed by atoms with Crippen molar-refractivity contribution in [2.24, 2.45) is 0 Å². The zero-order chi connectivity index (χ0) is 14.8. The zero-order valence-corrected chi connectivity index (χ0v) is 12.3. The van der Waals surface area contributed by atoms with Crippen molar-refractivity contribution in [1.82, 2.24) is 4.57 Å². The summed E-state index contributed by atoms with van der Waals surface area (Å²) in [5.74, 6) is 0. The summed E-state index contributed by atoms with van der Waals surface area (Å²) in [5, 5.41) is 0.572. The van der Waals surface area contributed by atoms with Gasteiger partial charge >= 0.3 is 0 Å². The van der Waals surface area contributed by atoms with E-state index in [0.717, 1.165) is 16.7 Å². The molecule has 0 unspecified atom stereocenters. The fourth-order valence-electron chi connectivity index (χ4n) is 2.28. The van der Waals surface area contributed by atoms with Gasteiger partial charge in [0, 0.05) is 12.3 Å². The van der Waals surface area contributed by atoms with E-state index < -0.39 is 0 Å². The molecule has 0 amide bonds. The smallest absolute Gasteiger partial charge is 0.255 e. The Balaban J connectivity index is 2.17. The second-order valence-electron chi connectivity index (χ2n) is 4.95. The Hall–Kier alpha value is -2.32. The highest BCUT2D eigenvalue weighted by molar-refractivity contribution is 6.32. The summed E-state index contributed by atoms with van der Waals surface area (Å²) in [4.78, 5) is 12.1. The normalized spacial score (nSPS) is 10.6. The minimum atomic E-state index is -0.0968. The lowest BCUT2D eigenvalue weighted by Crippen LogP contribution is -2.16. The number of benzene rings is 2. The van der Waals surface area contributed by atoms with Gasteiger partial charge in [-0.3, -0.25) is 9.36 Å². The van der Waals surface area contributed by atoms with Crippen molar-refractivity contribution < 1.29 is 0 Å². The van der Waals surface area contributed by atoms with Gasteiger partial charge in [-0.2, -0.15) is 0 Å². The number of halogens is 1. The first-order valence-electron chi connectivity index (χ1n) is 6.70. The van der Waals surface area contributed by atoms with Gasteiger partial charge in [0.1, 0.15) is 0 Å². The molecule has 3 aromatic rings. The maximum absolute atomic E-state index is 12.1. The number of rotatable bonds is 2. The SMILES string of the molecule is Cc1ccc(-n2cc(-c3ccccc3)ccc2=O)c(Cl)c1. The molecule has 1 heterocycles. The number of aryl methyl sites for hydroxylation is 1. The molecule has 2 aromatic carbocycles. The van der Waals surface area contributed by atoms with Crippen LogP contribution in [0.25, 0.3) is 16.8 Å². The zero-order valence-electron chi connectivity index (χ0n) is 11.6. The van der Waals surface area contributed by atoms with Gasteiger partial charge in [0.15, 0.2) is 0 Å². The molecule has 0 fully saturated rings. The quantitative estimate of drug-likeness (QED) is 0.684. The van der Waals surface area contributed by atoms with Gasteiger partial charge in [-0.05, 0) is 41.8 Å². The molecular weight excluding hydrogens is 282 g/mol. The van der Waals surface area contributed by atoms with Crippen LogP contribution >= 0.6 is 11.6 Å². The Morgan fingerprint density at radius 1 is 0.905 bits per heavy atom.